The first kappa shape index (κ1) is 17.8. The summed E-state index contributed by atoms with van der Waals surface area (Å²) in [5.74, 6) is 0.876. The number of amides is 1. The van der Waals surface area contributed by atoms with Crippen LogP contribution in [-0.4, -0.2) is 48.5 Å². The Labute approximate surface area is 149 Å². The third-order valence-corrected chi connectivity index (χ3v) is 4.34. The van der Waals surface area contributed by atoms with Crippen LogP contribution in [0.2, 0.25) is 0 Å². The van der Waals surface area contributed by atoms with Crippen LogP contribution in [0.4, 0.5) is 4.79 Å². The lowest BCUT2D eigenvalue weighted by atomic mass is 9.90. The molecule has 5 nitrogen and oxygen atoms in total. The summed E-state index contributed by atoms with van der Waals surface area (Å²) in [6.07, 6.45) is 2.65. The zero-order chi connectivity index (χ0) is 18.0. The summed E-state index contributed by atoms with van der Waals surface area (Å²) < 4.78 is 16.8. The van der Waals surface area contributed by atoms with Gasteiger partial charge in [-0.15, -0.1) is 0 Å². The molecule has 2 aliphatic heterocycles. The first-order valence-electron chi connectivity index (χ1n) is 8.90. The van der Waals surface area contributed by atoms with E-state index < -0.39 is 5.60 Å². The van der Waals surface area contributed by atoms with Crippen molar-refractivity contribution in [2.75, 3.05) is 19.8 Å². The molecular formula is C20H27NO4. The van der Waals surface area contributed by atoms with Crippen molar-refractivity contribution in [2.24, 2.45) is 0 Å². The number of ether oxygens (including phenoxy) is 3. The molecule has 2 atom stereocenters. The molecule has 0 aliphatic carbocycles. The number of morpholine rings is 1. The minimum Gasteiger partial charge on any atom is -0.494 e. The van der Waals surface area contributed by atoms with Crippen molar-refractivity contribution in [3.63, 3.8) is 0 Å². The number of rotatable bonds is 3. The second kappa shape index (κ2) is 7.08. The number of hydrogen-bond acceptors (Lipinski definition) is 4. The van der Waals surface area contributed by atoms with Gasteiger partial charge in [0.1, 0.15) is 11.4 Å². The smallest absolute Gasteiger partial charge is 0.411 e. The fourth-order valence-electron chi connectivity index (χ4n) is 3.34. The number of carbonyl (C=O) groups is 1. The highest BCUT2D eigenvalue weighted by atomic mass is 16.6. The number of benzene rings is 1. The van der Waals surface area contributed by atoms with Gasteiger partial charge in [0.2, 0.25) is 0 Å². The molecule has 1 saturated heterocycles. The highest BCUT2D eigenvalue weighted by molar-refractivity contribution is 5.75. The van der Waals surface area contributed by atoms with Crippen LogP contribution >= 0.6 is 0 Å². The molecule has 25 heavy (non-hydrogen) atoms. The van der Waals surface area contributed by atoms with Crippen LogP contribution in [0.15, 0.2) is 30.3 Å². The topological polar surface area (TPSA) is 48.0 Å². The maximum atomic E-state index is 12.6. The molecule has 5 heteroatoms. The lowest BCUT2D eigenvalue weighted by molar-refractivity contribution is -0.0510. The quantitative estimate of drug-likeness (QED) is 0.834. The van der Waals surface area contributed by atoms with Crippen molar-refractivity contribution in [2.45, 2.75) is 51.8 Å². The summed E-state index contributed by atoms with van der Waals surface area (Å²) in [6.45, 7) is 9.37. The van der Waals surface area contributed by atoms with Gasteiger partial charge in [0.25, 0.3) is 0 Å². The van der Waals surface area contributed by atoms with E-state index in [0.29, 0.717) is 19.8 Å². The van der Waals surface area contributed by atoms with Gasteiger partial charge in [0.15, 0.2) is 0 Å². The molecule has 0 N–H and O–H groups in total. The van der Waals surface area contributed by atoms with Crippen LogP contribution in [0.1, 0.15) is 39.7 Å². The average molecular weight is 345 g/mol. The van der Waals surface area contributed by atoms with Gasteiger partial charge in [-0.3, -0.25) is 4.90 Å². The van der Waals surface area contributed by atoms with Gasteiger partial charge in [-0.05, 0) is 57.4 Å². The predicted octanol–water partition coefficient (Wildman–Crippen LogP) is 3.88. The van der Waals surface area contributed by atoms with E-state index in [4.69, 9.17) is 14.2 Å². The molecule has 3 rings (SSSR count). The molecule has 1 aromatic carbocycles. The van der Waals surface area contributed by atoms with E-state index in [1.54, 1.807) is 0 Å². The van der Waals surface area contributed by atoms with Gasteiger partial charge >= 0.3 is 6.09 Å². The summed E-state index contributed by atoms with van der Waals surface area (Å²) in [4.78, 5) is 14.4. The van der Waals surface area contributed by atoms with Crippen LogP contribution in [0.3, 0.4) is 0 Å². The number of fused-ring (bicyclic) bond motifs is 2. The molecule has 0 spiro atoms. The van der Waals surface area contributed by atoms with E-state index >= 15 is 0 Å². The lowest BCUT2D eigenvalue weighted by Crippen LogP contribution is -2.57. The Bertz CT molecular complexity index is 645. The minimum atomic E-state index is -0.495. The maximum absolute atomic E-state index is 12.6. The predicted molar refractivity (Wildman–Crippen MR) is 96.7 cm³/mol. The molecular weight excluding hydrogens is 318 g/mol. The van der Waals surface area contributed by atoms with E-state index in [-0.39, 0.29) is 18.2 Å². The number of nitrogens with zero attached hydrogens (tertiary/aromatic N) is 1. The number of hydrogen-bond donors (Lipinski definition) is 0. The molecule has 2 heterocycles. The van der Waals surface area contributed by atoms with Crippen molar-refractivity contribution in [1.29, 1.82) is 0 Å². The summed E-state index contributed by atoms with van der Waals surface area (Å²) in [6, 6.07) is 8.08. The van der Waals surface area contributed by atoms with Crippen molar-refractivity contribution >= 4 is 11.7 Å². The third kappa shape index (κ3) is 4.15. The second-order valence-corrected chi connectivity index (χ2v) is 7.50. The molecule has 2 unspecified atom stereocenters. The van der Waals surface area contributed by atoms with Gasteiger partial charge < -0.3 is 14.2 Å². The van der Waals surface area contributed by atoms with E-state index in [9.17, 15) is 4.79 Å². The third-order valence-electron chi connectivity index (χ3n) is 4.34. The number of carbonyl (C=O) groups excluding carboxylic acids is 1. The minimum absolute atomic E-state index is 0.0140. The average Bonchev–Trinajstić information content (AvgIpc) is 2.53. The van der Waals surface area contributed by atoms with Crippen molar-refractivity contribution in [3.05, 3.63) is 35.9 Å². The molecule has 136 valence electrons. The van der Waals surface area contributed by atoms with Gasteiger partial charge in [0, 0.05) is 0 Å². The van der Waals surface area contributed by atoms with E-state index in [1.165, 1.54) is 11.1 Å². The van der Waals surface area contributed by atoms with Gasteiger partial charge in [-0.25, -0.2) is 4.79 Å². The zero-order valence-corrected chi connectivity index (χ0v) is 15.5. The van der Waals surface area contributed by atoms with Crippen LogP contribution in [-0.2, 0) is 9.47 Å². The molecule has 0 saturated carbocycles. The highest BCUT2D eigenvalue weighted by Crippen LogP contribution is 2.34. The summed E-state index contributed by atoms with van der Waals surface area (Å²) in [7, 11) is 0. The Balaban J connectivity index is 1.80. The van der Waals surface area contributed by atoms with E-state index in [2.05, 4.69) is 18.2 Å². The van der Waals surface area contributed by atoms with Crippen molar-refractivity contribution in [1.82, 2.24) is 4.90 Å². The Kier molecular flexibility index (Phi) is 5.04. The van der Waals surface area contributed by atoms with E-state index in [0.717, 1.165) is 12.2 Å². The molecule has 1 aromatic rings. The van der Waals surface area contributed by atoms with Gasteiger partial charge in [0.05, 0.1) is 31.9 Å². The van der Waals surface area contributed by atoms with Gasteiger partial charge in [-0.2, -0.15) is 0 Å². The summed E-state index contributed by atoms with van der Waals surface area (Å²) >= 11 is 0. The molecule has 1 amide bonds. The van der Waals surface area contributed by atoms with Crippen molar-refractivity contribution < 1.29 is 19.0 Å². The first-order chi connectivity index (χ1) is 11.9. The monoisotopic (exact) mass is 345 g/mol. The fourth-order valence-corrected chi connectivity index (χ4v) is 3.34. The molecule has 0 aromatic heterocycles. The summed E-state index contributed by atoms with van der Waals surface area (Å²) in [5.41, 5.74) is 1.93. The molecule has 1 fully saturated rings. The van der Waals surface area contributed by atoms with Crippen LogP contribution in [0.5, 0.6) is 5.75 Å². The fraction of sp³-hybridized carbons (Fsp3) is 0.550. The molecule has 2 aliphatic rings. The largest absolute Gasteiger partial charge is 0.494 e. The van der Waals surface area contributed by atoms with Crippen molar-refractivity contribution in [3.8, 4) is 5.75 Å². The molecule has 0 radical (unpaired) electrons. The zero-order valence-electron chi connectivity index (χ0n) is 15.5. The van der Waals surface area contributed by atoms with Gasteiger partial charge in [-0.1, -0.05) is 18.2 Å². The maximum Gasteiger partial charge on any atom is 0.411 e. The summed E-state index contributed by atoms with van der Waals surface area (Å²) in [5, 5.41) is 0. The standard InChI is InChI=1S/C20H27NO4/c1-5-24-18-8-6-14(7-9-18)15-10-16-12-23-13-17(11-15)21(16)19(22)25-20(2,3)4/h6-10,16-17H,5,11-13H2,1-4H3. The Hall–Kier alpha value is -2.01. The SMILES string of the molecule is CCOc1ccc(C2=CC3COCC(C2)N3C(=O)OC(C)(C)C)cc1. The molecule has 2 bridgehead atoms. The second-order valence-electron chi connectivity index (χ2n) is 7.50. The Morgan fingerprint density at radius 3 is 2.56 bits per heavy atom. The highest BCUT2D eigenvalue weighted by Gasteiger charge is 2.40. The Morgan fingerprint density at radius 2 is 1.96 bits per heavy atom. The lowest BCUT2D eigenvalue weighted by Gasteiger charge is -2.44. The normalized spacial score (nSPS) is 23.0. The first-order valence-corrected chi connectivity index (χ1v) is 8.90. The van der Waals surface area contributed by atoms with E-state index in [1.807, 2.05) is 44.7 Å². The van der Waals surface area contributed by atoms with Crippen LogP contribution in [0, 0.1) is 0 Å². The van der Waals surface area contributed by atoms with Crippen LogP contribution in [0.25, 0.3) is 5.57 Å². The Morgan fingerprint density at radius 1 is 1.24 bits per heavy atom. The van der Waals surface area contributed by atoms with Crippen LogP contribution < -0.4 is 4.74 Å².